The van der Waals surface area contributed by atoms with Crippen LogP contribution in [0.5, 0.6) is 0 Å². The van der Waals surface area contributed by atoms with Gasteiger partial charge in [-0.15, -0.1) is 0 Å². The maximum absolute atomic E-state index is 6.29. The lowest BCUT2D eigenvalue weighted by Gasteiger charge is -2.30. The quantitative estimate of drug-likeness (QED) is 0.587. The molecule has 7 nitrogen and oxygen atoms in total. The predicted octanol–water partition coefficient (Wildman–Crippen LogP) is 2.28. The maximum Gasteiger partial charge on any atom is 0.220 e. The lowest BCUT2D eigenvalue weighted by molar-refractivity contribution is 0.404. The fraction of sp³-hybridized carbons (Fsp3) is 0.353. The first-order chi connectivity index (χ1) is 11.7. The van der Waals surface area contributed by atoms with Gasteiger partial charge in [-0.1, -0.05) is 12.8 Å². The van der Waals surface area contributed by atoms with Gasteiger partial charge in [0.15, 0.2) is 0 Å². The Morgan fingerprint density at radius 3 is 2.79 bits per heavy atom. The van der Waals surface area contributed by atoms with Gasteiger partial charge < -0.3 is 21.8 Å². The highest BCUT2D eigenvalue weighted by Crippen LogP contribution is 2.33. The smallest absolute Gasteiger partial charge is 0.220 e. The highest BCUT2D eigenvalue weighted by molar-refractivity contribution is 6.01. The maximum atomic E-state index is 6.29. The molecule has 0 bridgehead atoms. The van der Waals surface area contributed by atoms with E-state index in [1.165, 1.54) is 12.8 Å². The van der Waals surface area contributed by atoms with Crippen molar-refractivity contribution in [3.8, 4) is 11.3 Å². The molecule has 4 rings (SSSR count). The van der Waals surface area contributed by atoms with Crippen LogP contribution in [-0.2, 0) is 0 Å². The van der Waals surface area contributed by atoms with Crippen molar-refractivity contribution in [2.45, 2.75) is 37.8 Å². The van der Waals surface area contributed by atoms with Crippen molar-refractivity contribution in [3.05, 3.63) is 30.7 Å². The number of nitrogens with zero attached hydrogens (tertiary/aromatic N) is 3. The number of nitrogens with one attached hydrogen (secondary N) is 2. The van der Waals surface area contributed by atoms with Crippen molar-refractivity contribution in [3.63, 3.8) is 0 Å². The van der Waals surface area contributed by atoms with Gasteiger partial charge in [-0.3, -0.25) is 0 Å². The number of hydrogen-bond donors (Lipinski definition) is 4. The van der Waals surface area contributed by atoms with E-state index in [1.807, 2.05) is 18.3 Å². The summed E-state index contributed by atoms with van der Waals surface area (Å²) < 4.78 is 0. The Hall–Kier alpha value is -2.67. The summed E-state index contributed by atoms with van der Waals surface area (Å²) >= 11 is 0. The molecule has 0 unspecified atom stereocenters. The van der Waals surface area contributed by atoms with Gasteiger partial charge in [-0.05, 0) is 25.0 Å². The van der Waals surface area contributed by atoms with Crippen LogP contribution in [0.25, 0.3) is 22.3 Å². The van der Waals surface area contributed by atoms with Crippen LogP contribution >= 0.6 is 0 Å². The van der Waals surface area contributed by atoms with E-state index in [-0.39, 0.29) is 18.0 Å². The SMILES string of the molecule is Nc1nccc(-c2c[nH]c3nccc(N[C@@H]4CCCC[C@H]4N)c23)n1. The molecule has 0 amide bonds. The van der Waals surface area contributed by atoms with Gasteiger partial charge in [0, 0.05) is 41.9 Å². The summed E-state index contributed by atoms with van der Waals surface area (Å²) in [7, 11) is 0. The van der Waals surface area contributed by atoms with Gasteiger partial charge in [0.1, 0.15) is 5.65 Å². The number of aromatic nitrogens is 4. The summed E-state index contributed by atoms with van der Waals surface area (Å²) in [6.07, 6.45) is 9.94. The molecule has 1 aliphatic rings. The molecule has 0 radical (unpaired) electrons. The Labute approximate surface area is 139 Å². The van der Waals surface area contributed by atoms with E-state index in [9.17, 15) is 0 Å². The number of aromatic amines is 1. The number of fused-ring (bicyclic) bond motifs is 1. The third-order valence-corrected chi connectivity index (χ3v) is 4.68. The lowest BCUT2D eigenvalue weighted by Crippen LogP contribution is -2.42. The van der Waals surface area contributed by atoms with Gasteiger partial charge in [-0.25, -0.2) is 15.0 Å². The summed E-state index contributed by atoms with van der Waals surface area (Å²) in [6.45, 7) is 0. The topological polar surface area (TPSA) is 119 Å². The van der Waals surface area contributed by atoms with Crippen molar-refractivity contribution in [1.29, 1.82) is 0 Å². The van der Waals surface area contributed by atoms with Crippen LogP contribution in [0, 0.1) is 0 Å². The zero-order valence-electron chi connectivity index (χ0n) is 13.4. The number of pyridine rings is 1. The summed E-state index contributed by atoms with van der Waals surface area (Å²) in [5.74, 6) is 0.259. The van der Waals surface area contributed by atoms with E-state index in [4.69, 9.17) is 11.5 Å². The van der Waals surface area contributed by atoms with E-state index < -0.39 is 0 Å². The summed E-state index contributed by atoms with van der Waals surface area (Å²) in [5, 5.41) is 4.63. The van der Waals surface area contributed by atoms with E-state index in [1.54, 1.807) is 12.4 Å². The Morgan fingerprint density at radius 2 is 1.96 bits per heavy atom. The molecule has 3 aromatic heterocycles. The third kappa shape index (κ3) is 2.67. The Morgan fingerprint density at radius 1 is 1.12 bits per heavy atom. The zero-order valence-corrected chi connectivity index (χ0v) is 13.4. The molecule has 24 heavy (non-hydrogen) atoms. The van der Waals surface area contributed by atoms with Crippen molar-refractivity contribution in [2.75, 3.05) is 11.1 Å². The van der Waals surface area contributed by atoms with Crippen molar-refractivity contribution in [2.24, 2.45) is 5.73 Å². The molecule has 3 heterocycles. The molecular weight excluding hydrogens is 302 g/mol. The molecule has 0 saturated heterocycles. The van der Waals surface area contributed by atoms with Gasteiger partial charge in [0.2, 0.25) is 5.95 Å². The second-order valence-corrected chi connectivity index (χ2v) is 6.28. The van der Waals surface area contributed by atoms with Gasteiger partial charge in [0.05, 0.1) is 11.1 Å². The fourth-order valence-electron chi connectivity index (χ4n) is 3.44. The number of H-pyrrole nitrogens is 1. The molecule has 2 atom stereocenters. The van der Waals surface area contributed by atoms with Crippen LogP contribution in [0.2, 0.25) is 0 Å². The average Bonchev–Trinajstić information content (AvgIpc) is 3.02. The standard InChI is InChI=1S/C17H21N7/c18-11-3-1-2-4-13(11)23-14-6-7-20-16-15(14)10(9-22-16)12-5-8-21-17(19)24-12/h5-9,11,13H,1-4,18H2,(H2,19,21,24)(H2,20,22,23)/t11-,13-/m1/s1. The fourth-order valence-corrected chi connectivity index (χ4v) is 3.44. The number of rotatable bonds is 3. The van der Waals surface area contributed by atoms with Crippen LogP contribution in [0.15, 0.2) is 30.7 Å². The lowest BCUT2D eigenvalue weighted by atomic mass is 9.90. The first-order valence-electron chi connectivity index (χ1n) is 8.29. The van der Waals surface area contributed by atoms with E-state index in [2.05, 4.69) is 25.3 Å². The van der Waals surface area contributed by atoms with Crippen LogP contribution in [0.3, 0.4) is 0 Å². The molecule has 1 saturated carbocycles. The first-order valence-corrected chi connectivity index (χ1v) is 8.29. The molecule has 1 fully saturated rings. The Bertz CT molecular complexity index is 857. The van der Waals surface area contributed by atoms with E-state index in [0.717, 1.165) is 40.8 Å². The number of nitrogen functional groups attached to an aromatic ring is 1. The minimum atomic E-state index is 0.180. The molecule has 6 N–H and O–H groups in total. The second-order valence-electron chi connectivity index (χ2n) is 6.28. The van der Waals surface area contributed by atoms with Crippen LogP contribution in [0.1, 0.15) is 25.7 Å². The molecule has 0 spiro atoms. The van der Waals surface area contributed by atoms with Crippen molar-refractivity contribution in [1.82, 2.24) is 19.9 Å². The van der Waals surface area contributed by atoms with Gasteiger partial charge in [0.25, 0.3) is 0 Å². The second kappa shape index (κ2) is 6.09. The molecule has 1 aliphatic carbocycles. The van der Waals surface area contributed by atoms with Gasteiger partial charge in [-0.2, -0.15) is 0 Å². The minimum Gasteiger partial charge on any atom is -0.380 e. The number of nitrogens with two attached hydrogens (primary N) is 2. The third-order valence-electron chi connectivity index (χ3n) is 4.68. The van der Waals surface area contributed by atoms with Crippen molar-refractivity contribution < 1.29 is 0 Å². The van der Waals surface area contributed by atoms with E-state index in [0.29, 0.717) is 0 Å². The largest absolute Gasteiger partial charge is 0.380 e. The van der Waals surface area contributed by atoms with E-state index >= 15 is 0 Å². The van der Waals surface area contributed by atoms with Crippen LogP contribution in [0.4, 0.5) is 11.6 Å². The van der Waals surface area contributed by atoms with Crippen molar-refractivity contribution >= 4 is 22.7 Å². The average molecular weight is 323 g/mol. The number of anilines is 2. The number of hydrogen-bond acceptors (Lipinski definition) is 6. The summed E-state index contributed by atoms with van der Waals surface area (Å²) in [4.78, 5) is 15.9. The summed E-state index contributed by atoms with van der Waals surface area (Å²) in [6, 6.07) is 4.30. The van der Waals surface area contributed by atoms with Gasteiger partial charge >= 0.3 is 0 Å². The minimum absolute atomic E-state index is 0.180. The van der Waals surface area contributed by atoms with Crippen LogP contribution in [-0.4, -0.2) is 32.0 Å². The zero-order chi connectivity index (χ0) is 16.5. The Kier molecular flexibility index (Phi) is 3.78. The molecule has 7 heteroatoms. The summed E-state index contributed by atoms with van der Waals surface area (Å²) in [5.41, 5.74) is 15.6. The molecule has 0 aliphatic heterocycles. The molecule has 3 aromatic rings. The molecule has 0 aromatic carbocycles. The van der Waals surface area contributed by atoms with Crippen LogP contribution < -0.4 is 16.8 Å². The predicted molar refractivity (Wildman–Crippen MR) is 95.4 cm³/mol. The highest BCUT2D eigenvalue weighted by atomic mass is 15.0. The molecule has 124 valence electrons. The Balaban J connectivity index is 1.77. The normalized spacial score (nSPS) is 21.0. The monoisotopic (exact) mass is 323 g/mol. The first kappa shape index (κ1) is 14.9. The highest BCUT2D eigenvalue weighted by Gasteiger charge is 2.23. The molecular formula is C17H21N7.